The molecular formula is C14H18FN3O3. The zero-order valence-corrected chi connectivity index (χ0v) is 11.5. The summed E-state index contributed by atoms with van der Waals surface area (Å²) in [5.74, 6) is -0.736. The summed E-state index contributed by atoms with van der Waals surface area (Å²) in [4.78, 5) is 36.1. The predicted molar refractivity (Wildman–Crippen MR) is 73.8 cm³/mol. The van der Waals surface area contributed by atoms with Crippen LogP contribution in [0.2, 0.25) is 0 Å². The molecule has 21 heavy (non-hydrogen) atoms. The molecule has 4 amide bonds. The number of urea groups is 1. The van der Waals surface area contributed by atoms with Crippen LogP contribution in [0.15, 0.2) is 24.1 Å². The van der Waals surface area contributed by atoms with Crippen molar-refractivity contribution in [2.24, 2.45) is 0 Å². The molecule has 1 heterocycles. The fourth-order valence-corrected chi connectivity index (χ4v) is 2.42. The number of likely N-dealkylation sites (tertiary alicyclic amines) is 1. The largest absolute Gasteiger partial charge is 0.347 e. The SMILES string of the molecule is O=CN[C@H]1CCCCN(C(=O)NC2C=CC(F)=CC2)C1=O. The number of halogens is 1. The summed E-state index contributed by atoms with van der Waals surface area (Å²) < 4.78 is 12.9. The van der Waals surface area contributed by atoms with Gasteiger partial charge < -0.3 is 10.6 Å². The molecule has 0 aromatic rings. The van der Waals surface area contributed by atoms with Crippen LogP contribution in [0, 0.1) is 0 Å². The van der Waals surface area contributed by atoms with E-state index in [9.17, 15) is 18.8 Å². The fourth-order valence-electron chi connectivity index (χ4n) is 2.42. The predicted octanol–water partition coefficient (Wildman–Crippen LogP) is 1.00. The molecule has 1 unspecified atom stereocenters. The third-order valence-electron chi connectivity index (χ3n) is 3.57. The van der Waals surface area contributed by atoms with E-state index in [4.69, 9.17) is 0 Å². The zero-order chi connectivity index (χ0) is 15.2. The van der Waals surface area contributed by atoms with Crippen LogP contribution in [0.25, 0.3) is 0 Å². The Bertz CT molecular complexity index is 490. The number of carbonyl (C=O) groups excluding carboxylic acids is 3. The first-order valence-corrected chi connectivity index (χ1v) is 6.97. The van der Waals surface area contributed by atoms with Crippen LogP contribution in [0.5, 0.6) is 0 Å². The normalized spacial score (nSPS) is 25.9. The average molecular weight is 295 g/mol. The molecule has 1 saturated heterocycles. The quantitative estimate of drug-likeness (QED) is 0.763. The molecule has 2 aliphatic rings. The monoisotopic (exact) mass is 295 g/mol. The van der Waals surface area contributed by atoms with E-state index in [2.05, 4.69) is 10.6 Å². The van der Waals surface area contributed by atoms with Gasteiger partial charge in [0.25, 0.3) is 5.91 Å². The van der Waals surface area contributed by atoms with Crippen molar-refractivity contribution < 1.29 is 18.8 Å². The highest BCUT2D eigenvalue weighted by atomic mass is 19.1. The van der Waals surface area contributed by atoms with E-state index in [1.807, 2.05) is 0 Å². The zero-order valence-electron chi connectivity index (χ0n) is 11.5. The molecule has 0 radical (unpaired) electrons. The van der Waals surface area contributed by atoms with Crippen molar-refractivity contribution >= 4 is 18.3 Å². The van der Waals surface area contributed by atoms with Gasteiger partial charge in [-0.25, -0.2) is 9.18 Å². The van der Waals surface area contributed by atoms with Crippen LogP contribution in [-0.2, 0) is 9.59 Å². The van der Waals surface area contributed by atoms with Gasteiger partial charge in [-0.2, -0.15) is 0 Å². The Balaban J connectivity index is 1.98. The molecule has 0 spiro atoms. The van der Waals surface area contributed by atoms with Crippen LogP contribution in [0.3, 0.4) is 0 Å². The van der Waals surface area contributed by atoms with E-state index in [1.165, 1.54) is 12.2 Å². The van der Waals surface area contributed by atoms with Gasteiger partial charge in [-0.3, -0.25) is 14.5 Å². The van der Waals surface area contributed by atoms with Gasteiger partial charge in [0.05, 0.1) is 6.04 Å². The molecule has 1 aliphatic heterocycles. The lowest BCUT2D eigenvalue weighted by Crippen LogP contribution is -2.52. The number of rotatable bonds is 3. The molecule has 7 heteroatoms. The number of hydrogen-bond acceptors (Lipinski definition) is 3. The number of nitrogens with one attached hydrogen (secondary N) is 2. The minimum Gasteiger partial charge on any atom is -0.347 e. The lowest BCUT2D eigenvalue weighted by Gasteiger charge is -2.25. The van der Waals surface area contributed by atoms with Crippen LogP contribution < -0.4 is 10.6 Å². The number of carbonyl (C=O) groups is 3. The molecule has 1 aliphatic carbocycles. The molecule has 0 aromatic heterocycles. The van der Waals surface area contributed by atoms with Crippen molar-refractivity contribution in [1.82, 2.24) is 15.5 Å². The Kier molecular flexibility index (Phi) is 5.08. The number of amides is 4. The summed E-state index contributed by atoms with van der Waals surface area (Å²) in [5, 5.41) is 5.13. The number of hydrogen-bond donors (Lipinski definition) is 2. The Morgan fingerprint density at radius 3 is 2.90 bits per heavy atom. The Morgan fingerprint density at radius 1 is 1.43 bits per heavy atom. The van der Waals surface area contributed by atoms with Gasteiger partial charge in [0.15, 0.2) is 0 Å². The second-order valence-electron chi connectivity index (χ2n) is 5.06. The molecule has 0 aromatic carbocycles. The molecule has 2 atom stereocenters. The van der Waals surface area contributed by atoms with Gasteiger partial charge in [0.2, 0.25) is 6.41 Å². The average Bonchev–Trinajstić information content (AvgIpc) is 2.65. The van der Waals surface area contributed by atoms with Gasteiger partial charge in [-0.15, -0.1) is 0 Å². The number of allylic oxidation sites excluding steroid dienone is 2. The van der Waals surface area contributed by atoms with Crippen molar-refractivity contribution in [3.05, 3.63) is 24.1 Å². The minimum atomic E-state index is -0.657. The number of nitrogens with zero attached hydrogens (tertiary/aromatic N) is 1. The molecule has 1 fully saturated rings. The summed E-state index contributed by atoms with van der Waals surface area (Å²) >= 11 is 0. The lowest BCUT2D eigenvalue weighted by atomic mass is 10.1. The lowest BCUT2D eigenvalue weighted by molar-refractivity contribution is -0.131. The first kappa shape index (κ1) is 15.2. The summed E-state index contributed by atoms with van der Waals surface area (Å²) in [6.45, 7) is 0.322. The van der Waals surface area contributed by atoms with E-state index in [0.29, 0.717) is 32.2 Å². The maximum absolute atomic E-state index is 12.9. The van der Waals surface area contributed by atoms with E-state index in [1.54, 1.807) is 6.08 Å². The van der Waals surface area contributed by atoms with Crippen molar-refractivity contribution in [2.45, 2.75) is 37.8 Å². The molecule has 0 bridgehead atoms. The highest BCUT2D eigenvalue weighted by molar-refractivity contribution is 5.98. The topological polar surface area (TPSA) is 78.5 Å². The summed E-state index contributed by atoms with van der Waals surface area (Å²) in [6, 6.07) is -1.49. The third kappa shape index (κ3) is 3.90. The van der Waals surface area contributed by atoms with Crippen molar-refractivity contribution in [3.63, 3.8) is 0 Å². The second kappa shape index (κ2) is 7.01. The van der Waals surface area contributed by atoms with E-state index in [0.717, 1.165) is 11.3 Å². The van der Waals surface area contributed by atoms with Crippen molar-refractivity contribution in [2.75, 3.05) is 6.54 Å². The van der Waals surface area contributed by atoms with Gasteiger partial charge in [-0.05, 0) is 37.8 Å². The van der Waals surface area contributed by atoms with E-state index < -0.39 is 18.0 Å². The highest BCUT2D eigenvalue weighted by Crippen LogP contribution is 2.14. The molecule has 2 N–H and O–H groups in total. The van der Waals surface area contributed by atoms with Crippen LogP contribution in [0.4, 0.5) is 9.18 Å². The molecule has 114 valence electrons. The van der Waals surface area contributed by atoms with Crippen LogP contribution in [0.1, 0.15) is 25.7 Å². The minimum absolute atomic E-state index is 0.322. The first-order valence-electron chi connectivity index (χ1n) is 6.97. The third-order valence-corrected chi connectivity index (χ3v) is 3.57. The van der Waals surface area contributed by atoms with E-state index in [-0.39, 0.29) is 11.9 Å². The Labute approximate surface area is 122 Å². The van der Waals surface area contributed by atoms with Crippen molar-refractivity contribution in [3.8, 4) is 0 Å². The fraction of sp³-hybridized carbons (Fsp3) is 0.500. The van der Waals surface area contributed by atoms with Gasteiger partial charge >= 0.3 is 6.03 Å². The molecule has 2 rings (SSSR count). The maximum Gasteiger partial charge on any atom is 0.324 e. The van der Waals surface area contributed by atoms with Gasteiger partial charge in [0, 0.05) is 6.54 Å². The summed E-state index contributed by atoms with van der Waals surface area (Å²) in [7, 11) is 0. The maximum atomic E-state index is 12.9. The summed E-state index contributed by atoms with van der Waals surface area (Å²) in [6.07, 6.45) is 7.04. The van der Waals surface area contributed by atoms with Crippen LogP contribution in [-0.4, -0.2) is 41.9 Å². The summed E-state index contributed by atoms with van der Waals surface area (Å²) in [5.41, 5.74) is 0. The Morgan fingerprint density at radius 2 is 2.24 bits per heavy atom. The highest BCUT2D eigenvalue weighted by Gasteiger charge is 2.31. The van der Waals surface area contributed by atoms with Crippen molar-refractivity contribution in [1.29, 1.82) is 0 Å². The molecule has 6 nitrogen and oxygen atoms in total. The second-order valence-corrected chi connectivity index (χ2v) is 5.06. The molecular weight excluding hydrogens is 277 g/mol. The number of imide groups is 1. The Hall–Kier alpha value is -2.18. The van der Waals surface area contributed by atoms with Gasteiger partial charge in [0.1, 0.15) is 11.9 Å². The standard InChI is InChI=1S/C14H18FN3O3/c15-10-4-6-11(7-5-10)17-14(21)18-8-2-1-3-12(13(18)20)16-9-19/h4-6,9,11-12H,1-3,7-8H2,(H,16,19)(H,17,21)/t11?,12-/m0/s1. The van der Waals surface area contributed by atoms with Crippen LogP contribution >= 0.6 is 0 Å². The smallest absolute Gasteiger partial charge is 0.324 e. The first-order chi connectivity index (χ1) is 10.1. The van der Waals surface area contributed by atoms with Gasteiger partial charge in [-0.1, -0.05) is 6.08 Å². The van der Waals surface area contributed by atoms with E-state index >= 15 is 0 Å². The molecule has 0 saturated carbocycles.